The van der Waals surface area contributed by atoms with Crippen molar-refractivity contribution in [2.75, 3.05) is 74.1 Å². The van der Waals surface area contributed by atoms with Gasteiger partial charge in [-0.25, -0.2) is 13.1 Å². The van der Waals surface area contributed by atoms with Crippen molar-refractivity contribution < 1.29 is 40.8 Å². The van der Waals surface area contributed by atoms with Gasteiger partial charge in [0.05, 0.1) is 33.0 Å². The number of allylic oxidation sites excluding steroid dienone is 1. The minimum atomic E-state index is -4.62. The SMILES string of the molecule is C[C@@H]1CN(c2cc(N3CCN(CC4=C(c5ccc(C(C)(C)C(F)(F)F)cc5)CC(C)(C)CC4)CC3)ccc2C(=O)NS(=O)(=O)c2ccc(NCC3CCOCC3)c([N+](=O)[O-])c2)c2cc3cc[nH]c3nc2O1. The Morgan fingerprint density at radius 2 is 1.70 bits per heavy atom. The molecule has 3 aliphatic heterocycles. The average Bonchev–Trinajstić information content (AvgIpc) is 3.80. The monoisotopic (exact) mass is 998 g/mol. The number of alkyl halides is 3. The van der Waals surface area contributed by atoms with Crippen LogP contribution in [0, 0.1) is 21.4 Å². The molecule has 3 aromatic carbocycles. The number of piperazine rings is 1. The first-order valence-electron chi connectivity index (χ1n) is 24.3. The highest BCUT2D eigenvalue weighted by molar-refractivity contribution is 7.90. The van der Waals surface area contributed by atoms with Gasteiger partial charge in [0.25, 0.3) is 21.6 Å². The van der Waals surface area contributed by atoms with E-state index in [9.17, 15) is 36.5 Å². The number of nitrogens with one attached hydrogen (secondary N) is 3. The Morgan fingerprint density at radius 1 is 0.972 bits per heavy atom. The number of carbonyl (C=O) groups is 1. The average molecular weight is 999 g/mol. The van der Waals surface area contributed by atoms with E-state index >= 15 is 0 Å². The van der Waals surface area contributed by atoms with Gasteiger partial charge < -0.3 is 29.6 Å². The summed E-state index contributed by atoms with van der Waals surface area (Å²) in [6, 6.07) is 19.6. The number of fused-ring (bicyclic) bond motifs is 2. The molecule has 378 valence electrons. The zero-order valence-corrected chi connectivity index (χ0v) is 41.5. The summed E-state index contributed by atoms with van der Waals surface area (Å²) in [7, 11) is -4.62. The molecule has 71 heavy (non-hydrogen) atoms. The number of nitro groups is 1. The largest absolute Gasteiger partial charge is 0.471 e. The van der Waals surface area contributed by atoms with Crippen LogP contribution in [0.25, 0.3) is 16.6 Å². The number of hydrogen-bond donors (Lipinski definition) is 3. The predicted octanol–water partition coefficient (Wildman–Crippen LogP) is 9.97. The lowest BCUT2D eigenvalue weighted by molar-refractivity contribution is -0.384. The molecule has 15 nitrogen and oxygen atoms in total. The van der Waals surface area contributed by atoms with E-state index in [1.165, 1.54) is 37.1 Å². The van der Waals surface area contributed by atoms with Crippen LogP contribution in [-0.2, 0) is 20.2 Å². The molecule has 0 saturated carbocycles. The normalized spacial score (nSPS) is 19.4. The standard InChI is InChI=1S/C52H61F3N8O7S/c1-33-31-62(46-26-36-15-19-56-47(36)58-49(46)70-33)44-27-39(10-12-41(44)48(64)59-71(67,68)40-11-13-43(45(28-40)63(65)66)57-30-34-16-24-69-25-17-34)61-22-20-60(21-23-61)32-37-14-18-50(2,3)29-42(37)35-6-8-38(9-7-35)51(4,5)52(53,54)55/h6-13,15,19,26-28,33-34,57H,14,16-18,20-25,29-32H2,1-5H3,(H,56,58)(H,59,64)/t33-/m1/s1. The van der Waals surface area contributed by atoms with E-state index in [-0.39, 0.29) is 34.3 Å². The molecule has 4 aliphatic rings. The summed E-state index contributed by atoms with van der Waals surface area (Å²) in [5.41, 5.74) is 4.01. The van der Waals surface area contributed by atoms with Crippen molar-refractivity contribution >= 4 is 61.0 Å². The van der Waals surface area contributed by atoms with E-state index in [1.807, 2.05) is 42.2 Å². The molecule has 0 bridgehead atoms. The van der Waals surface area contributed by atoms with E-state index in [2.05, 4.69) is 38.7 Å². The summed E-state index contributed by atoms with van der Waals surface area (Å²) >= 11 is 0. The number of carbonyl (C=O) groups excluding carboxylic acids is 1. The summed E-state index contributed by atoms with van der Waals surface area (Å²) in [5.74, 6) is -0.328. The molecular formula is C52H61F3N8O7S. The number of amides is 1. The molecule has 0 unspecified atom stereocenters. The van der Waals surface area contributed by atoms with Crippen LogP contribution >= 0.6 is 0 Å². The first-order chi connectivity index (χ1) is 33.7. The number of aromatic nitrogens is 2. The molecule has 0 radical (unpaired) electrons. The number of H-pyrrole nitrogens is 1. The molecule has 9 rings (SSSR count). The molecule has 1 atom stereocenters. The van der Waals surface area contributed by atoms with Gasteiger partial charge in [0, 0.05) is 75.8 Å². The molecule has 19 heteroatoms. The van der Waals surface area contributed by atoms with Crippen molar-refractivity contribution in [2.24, 2.45) is 11.3 Å². The Kier molecular flexibility index (Phi) is 13.6. The van der Waals surface area contributed by atoms with E-state index < -0.39 is 43.0 Å². The molecule has 1 aliphatic carbocycles. The quantitative estimate of drug-likeness (QED) is 0.0753. The fourth-order valence-electron chi connectivity index (χ4n) is 10.1. The van der Waals surface area contributed by atoms with Crippen LogP contribution in [0.4, 0.5) is 41.6 Å². The first-order valence-corrected chi connectivity index (χ1v) is 25.7. The highest BCUT2D eigenvalue weighted by Crippen LogP contribution is 2.46. The third-order valence-electron chi connectivity index (χ3n) is 14.7. The Hall–Kier alpha value is -6.18. The number of nitrogens with zero attached hydrogens (tertiary/aromatic N) is 5. The van der Waals surface area contributed by atoms with Crippen molar-refractivity contribution in [3.05, 3.63) is 111 Å². The summed E-state index contributed by atoms with van der Waals surface area (Å²) in [6.07, 6.45) is 1.35. The van der Waals surface area contributed by atoms with Crippen LogP contribution in [0.15, 0.2) is 89.5 Å². The Morgan fingerprint density at radius 3 is 2.41 bits per heavy atom. The molecule has 2 saturated heterocycles. The lowest BCUT2D eigenvalue weighted by Crippen LogP contribution is -2.47. The van der Waals surface area contributed by atoms with E-state index in [0.717, 1.165) is 74.4 Å². The van der Waals surface area contributed by atoms with Crippen LogP contribution < -0.4 is 24.6 Å². The highest BCUT2D eigenvalue weighted by atomic mass is 32.2. The van der Waals surface area contributed by atoms with Crippen LogP contribution in [-0.4, -0.2) is 105 Å². The number of rotatable bonds is 13. The molecule has 2 fully saturated rings. The van der Waals surface area contributed by atoms with Gasteiger partial charge in [0.1, 0.15) is 23.1 Å². The van der Waals surface area contributed by atoms with Gasteiger partial charge in [-0.2, -0.15) is 18.2 Å². The van der Waals surface area contributed by atoms with Crippen LogP contribution in [0.5, 0.6) is 5.88 Å². The number of benzene rings is 3. The second-order valence-corrected chi connectivity index (χ2v) is 22.3. The Bertz CT molecular complexity index is 2960. The second kappa shape index (κ2) is 19.4. The first kappa shape index (κ1) is 49.8. The Balaban J connectivity index is 0.975. The van der Waals surface area contributed by atoms with Gasteiger partial charge in [0.2, 0.25) is 5.88 Å². The number of ether oxygens (including phenoxy) is 2. The van der Waals surface area contributed by atoms with Crippen LogP contribution in [0.2, 0.25) is 0 Å². The van der Waals surface area contributed by atoms with E-state index in [0.29, 0.717) is 62.3 Å². The van der Waals surface area contributed by atoms with Crippen molar-refractivity contribution in [3.63, 3.8) is 0 Å². The second-order valence-electron chi connectivity index (χ2n) is 20.7. The van der Waals surface area contributed by atoms with Gasteiger partial charge in [0.15, 0.2) is 0 Å². The maximum Gasteiger partial charge on any atom is 0.397 e. The number of halogens is 3. The van der Waals surface area contributed by atoms with Crippen molar-refractivity contribution in [2.45, 2.75) is 89.3 Å². The minimum absolute atomic E-state index is 0.0451. The molecular weight excluding hydrogens is 938 g/mol. The summed E-state index contributed by atoms with van der Waals surface area (Å²) in [6.45, 7) is 14.2. The van der Waals surface area contributed by atoms with Crippen LogP contribution in [0.1, 0.15) is 88.2 Å². The number of anilines is 4. The Labute approximate surface area is 412 Å². The summed E-state index contributed by atoms with van der Waals surface area (Å²) < 4.78 is 83.5. The molecule has 3 N–H and O–H groups in total. The van der Waals surface area contributed by atoms with Crippen molar-refractivity contribution in [3.8, 4) is 5.88 Å². The third-order valence-corrected chi connectivity index (χ3v) is 16.0. The van der Waals surface area contributed by atoms with Gasteiger partial charge in [-0.3, -0.25) is 19.8 Å². The highest BCUT2D eigenvalue weighted by Gasteiger charge is 2.48. The van der Waals surface area contributed by atoms with E-state index in [4.69, 9.17) is 14.5 Å². The summed E-state index contributed by atoms with van der Waals surface area (Å²) in [5, 5.41) is 16.1. The number of hydrogen-bond acceptors (Lipinski definition) is 12. The molecule has 5 aromatic rings. The van der Waals surface area contributed by atoms with Crippen molar-refractivity contribution in [1.82, 2.24) is 19.6 Å². The molecule has 1 amide bonds. The smallest absolute Gasteiger partial charge is 0.397 e. The molecule has 5 heterocycles. The fraction of sp³-hybridized carbons (Fsp3) is 0.462. The zero-order valence-electron chi connectivity index (χ0n) is 40.7. The maximum absolute atomic E-state index is 14.4. The molecule has 0 spiro atoms. The topological polar surface area (TPSA) is 175 Å². The number of sulfonamides is 1. The lowest BCUT2D eigenvalue weighted by Gasteiger charge is -2.40. The van der Waals surface area contributed by atoms with Crippen molar-refractivity contribution in [1.29, 1.82) is 0 Å². The maximum atomic E-state index is 14.4. The molecule has 2 aromatic heterocycles. The van der Waals surface area contributed by atoms with Gasteiger partial charge in [-0.15, -0.1) is 0 Å². The van der Waals surface area contributed by atoms with E-state index in [1.54, 1.807) is 30.5 Å². The fourth-order valence-corrected chi connectivity index (χ4v) is 11.1. The predicted molar refractivity (Wildman–Crippen MR) is 268 cm³/mol. The zero-order chi connectivity index (χ0) is 50.5. The summed E-state index contributed by atoms with van der Waals surface area (Å²) in [4.78, 5) is 40.0. The van der Waals surface area contributed by atoms with Gasteiger partial charge >= 0.3 is 6.18 Å². The number of nitro benzene ring substituents is 1. The lowest BCUT2D eigenvalue weighted by atomic mass is 9.72. The third kappa shape index (κ3) is 10.6. The number of pyridine rings is 1. The van der Waals surface area contributed by atoms with Crippen LogP contribution in [0.3, 0.4) is 0 Å². The van der Waals surface area contributed by atoms with Gasteiger partial charge in [-0.1, -0.05) is 43.7 Å². The number of aromatic amines is 1. The minimum Gasteiger partial charge on any atom is -0.471 e. The van der Waals surface area contributed by atoms with Gasteiger partial charge in [-0.05, 0) is 123 Å².